The molecule has 0 saturated heterocycles. The summed E-state index contributed by atoms with van der Waals surface area (Å²) in [6.45, 7) is 21.1. The molecule has 0 aliphatic carbocycles. The van der Waals surface area contributed by atoms with Crippen molar-refractivity contribution in [1.82, 2.24) is 39.9 Å². The number of amides is 6. The lowest BCUT2D eigenvalue weighted by molar-refractivity contribution is 0.00570. The molecule has 0 saturated carbocycles. The molecule has 5 aromatic heterocycles. The molecule has 3 aliphatic rings. The normalized spacial score (nSPS) is 13.6. The number of aromatic nitrogens is 8. The summed E-state index contributed by atoms with van der Waals surface area (Å²) >= 11 is 5.85. The number of halogens is 1. The number of ether oxygens (including phenoxy) is 2. The minimum absolute atomic E-state index is 0.0879. The lowest BCUT2D eigenvalue weighted by Crippen LogP contribution is -2.46. The van der Waals surface area contributed by atoms with Gasteiger partial charge in [-0.3, -0.25) is 39.4 Å². The van der Waals surface area contributed by atoms with Gasteiger partial charge in [0.15, 0.2) is 0 Å². The molecular weight excluding hydrogens is 1180 g/mol. The third kappa shape index (κ3) is 15.1. The minimum atomic E-state index is -1.04. The highest BCUT2D eigenvalue weighted by Crippen LogP contribution is 2.36. The van der Waals surface area contributed by atoms with Crippen LogP contribution in [0.3, 0.4) is 0 Å². The van der Waals surface area contributed by atoms with Gasteiger partial charge >= 0.3 is 36.0 Å². The van der Waals surface area contributed by atoms with Crippen LogP contribution < -0.4 is 40.0 Å². The summed E-state index contributed by atoms with van der Waals surface area (Å²) in [7, 11) is 4.93. The topological polar surface area (TPSA) is 288 Å². The third-order valence-corrected chi connectivity index (χ3v) is 14.5. The second-order valence-corrected chi connectivity index (χ2v) is 24.1. The van der Waals surface area contributed by atoms with Gasteiger partial charge in [-0.15, -0.1) is 0 Å². The molecule has 8 heterocycles. The summed E-state index contributed by atoms with van der Waals surface area (Å²) < 4.78 is 10.9. The smallest absolute Gasteiger partial charge is 0.338 e. The van der Waals surface area contributed by atoms with Crippen LogP contribution in [0.15, 0.2) is 110 Å². The number of pyridine rings is 2. The first-order valence-electron chi connectivity index (χ1n) is 28.7. The molecule has 3 N–H and O–H groups in total. The Morgan fingerprint density at radius 1 is 0.473 bits per heavy atom. The highest BCUT2D eigenvalue weighted by Gasteiger charge is 2.35. The van der Waals surface area contributed by atoms with Crippen LogP contribution in [0.4, 0.5) is 72.2 Å². The predicted octanol–water partition coefficient (Wildman–Crippen LogP) is 12.2. The van der Waals surface area contributed by atoms with E-state index in [9.17, 15) is 33.9 Å². The van der Waals surface area contributed by atoms with Gasteiger partial charge in [-0.05, 0) is 165 Å². The van der Waals surface area contributed by atoms with Crippen LogP contribution in [-0.2, 0) is 29.1 Å². The molecule has 11 rings (SSSR count). The van der Waals surface area contributed by atoms with Crippen LogP contribution in [0.2, 0.25) is 5.28 Å². The van der Waals surface area contributed by atoms with Crippen LogP contribution in [-0.4, -0.2) is 113 Å². The molecule has 3 aromatic carbocycles. The van der Waals surface area contributed by atoms with Gasteiger partial charge in [-0.2, -0.15) is 15.0 Å². The second-order valence-electron chi connectivity index (χ2n) is 23.8. The Hall–Kier alpha value is -10.7. The van der Waals surface area contributed by atoms with Crippen LogP contribution in [0.1, 0.15) is 117 Å². The number of nitrogens with one attached hydrogen (secondary N) is 2. The van der Waals surface area contributed by atoms with Crippen LogP contribution in [0.5, 0.6) is 0 Å². The Balaban J connectivity index is 0.000000163. The maximum atomic E-state index is 13.3. The highest BCUT2D eigenvalue weighted by atomic mass is 35.5. The van der Waals surface area contributed by atoms with E-state index >= 15 is 0 Å². The number of carbonyl (C=O) groups is 6. The number of hydrogen-bond donors (Lipinski definition) is 3. The number of anilines is 10. The quantitative estimate of drug-likeness (QED) is 0.0847. The standard InChI is InChI=1S/C25H28N6O3.C21H20N6O3.C19H21ClN4O3/c1-15-7-9-17(22(32)34-25(3,4)5)11-20(15)31-14-18-12-27-23(29-21(18)30(6)24(31)33)28-19-10-8-16(2)26-13-19;1-12-4-6-14(19(28)29)8-17(12)27-11-15-9-23-20(25-18(15)26(3)21(27)30)24-16-7-5-13(2)22-10-16;1-11-6-7-12(16(25)27-19(2,3)4)8-14(11)24-10-13-9-21-17(20)22-15(13)23(5)18(24)26/h7-13H,14H2,1-6H3,(H,27,28,29);4-10H,11H2,1-3H3,(H,28,29)(H,23,24,25);6-9H,10H2,1-5H3. The third-order valence-electron chi connectivity index (χ3n) is 14.3. The van der Waals surface area contributed by atoms with Gasteiger partial charge in [0.1, 0.15) is 28.7 Å². The van der Waals surface area contributed by atoms with Crippen molar-refractivity contribution in [3.8, 4) is 0 Å². The average molecular weight is 1250 g/mol. The summed E-state index contributed by atoms with van der Waals surface area (Å²) in [5.74, 6) is 0.336. The molecule has 0 atom stereocenters. The van der Waals surface area contributed by atoms with E-state index in [2.05, 4.69) is 50.5 Å². The molecule has 8 aromatic rings. The Bertz CT molecular complexity index is 4160. The molecule has 91 heavy (non-hydrogen) atoms. The van der Waals surface area contributed by atoms with Crippen molar-refractivity contribution in [2.75, 3.05) is 61.2 Å². The SMILES string of the molecule is Cc1ccc(C(=O)OC(C)(C)C)cc1N1Cc2cnc(Cl)nc2N(C)C1=O.Cc1ccc(Nc2ncc3c(n2)N(C)C(=O)N(c2cc(C(=O)O)ccc2C)C3)cn1.Cc1ccc(Nc2ncc3c(n2)N(C)C(=O)N(c2cc(C(=O)OC(C)(C)C)ccc2C)C3)cn1. The number of rotatable bonds is 10. The van der Waals surface area contributed by atoms with Crippen molar-refractivity contribution in [2.45, 2.75) is 107 Å². The number of aromatic carboxylic acids is 1. The molecule has 6 amide bonds. The molecule has 26 heteroatoms. The van der Waals surface area contributed by atoms with Gasteiger partial charge in [0.05, 0.1) is 60.1 Å². The van der Waals surface area contributed by atoms with Gasteiger partial charge in [0, 0.05) is 84.9 Å². The number of carboxylic acid groups (broad SMARTS) is 1. The summed E-state index contributed by atoms with van der Waals surface area (Å²) in [6, 6.07) is 21.8. The van der Waals surface area contributed by atoms with E-state index in [4.69, 9.17) is 21.1 Å². The zero-order valence-electron chi connectivity index (χ0n) is 52.9. The maximum Gasteiger partial charge on any atom is 0.338 e. The van der Waals surface area contributed by atoms with Gasteiger partial charge in [-0.1, -0.05) is 18.2 Å². The average Bonchev–Trinajstić information content (AvgIpc) is 0.817. The predicted molar refractivity (Wildman–Crippen MR) is 346 cm³/mol. The van der Waals surface area contributed by atoms with Gasteiger partial charge < -0.3 is 25.2 Å². The Labute approximate surface area is 531 Å². The number of carboxylic acids is 1. The fraction of sp³-hybridized carbons (Fsp3) is 0.292. The van der Waals surface area contributed by atoms with Gasteiger partial charge in [0.25, 0.3) is 0 Å². The molecule has 0 fully saturated rings. The van der Waals surface area contributed by atoms with E-state index in [1.807, 2.05) is 106 Å². The van der Waals surface area contributed by atoms with Crippen molar-refractivity contribution >= 4 is 105 Å². The fourth-order valence-electron chi connectivity index (χ4n) is 9.70. The first-order chi connectivity index (χ1) is 42.9. The molecular formula is C65H69ClN16O9. The van der Waals surface area contributed by atoms with Crippen molar-refractivity contribution in [1.29, 1.82) is 0 Å². The van der Waals surface area contributed by atoms with Gasteiger partial charge in [0.2, 0.25) is 17.2 Å². The van der Waals surface area contributed by atoms with Crippen LogP contribution >= 0.6 is 11.6 Å². The zero-order valence-corrected chi connectivity index (χ0v) is 53.6. The van der Waals surface area contributed by atoms with Crippen molar-refractivity contribution in [2.24, 2.45) is 0 Å². The van der Waals surface area contributed by atoms with Crippen molar-refractivity contribution in [3.63, 3.8) is 0 Å². The first kappa shape index (κ1) is 64.8. The van der Waals surface area contributed by atoms with E-state index in [1.54, 1.807) is 98.3 Å². The minimum Gasteiger partial charge on any atom is -0.478 e. The van der Waals surface area contributed by atoms with Crippen molar-refractivity contribution < 1.29 is 43.3 Å². The lowest BCUT2D eigenvalue weighted by atomic mass is 10.1. The Morgan fingerprint density at radius 2 is 0.813 bits per heavy atom. The van der Waals surface area contributed by atoms with Gasteiger partial charge in [-0.25, -0.2) is 43.7 Å². The second kappa shape index (κ2) is 26.2. The highest BCUT2D eigenvalue weighted by molar-refractivity contribution is 6.28. The summed E-state index contributed by atoms with van der Waals surface area (Å²) in [6.07, 6.45) is 8.36. The summed E-state index contributed by atoms with van der Waals surface area (Å²) in [4.78, 5) is 119. The summed E-state index contributed by atoms with van der Waals surface area (Å²) in [5, 5.41) is 15.6. The molecule has 0 unspecified atom stereocenters. The first-order valence-corrected chi connectivity index (χ1v) is 29.1. The van der Waals surface area contributed by atoms with E-state index in [0.717, 1.165) is 56.1 Å². The molecule has 0 spiro atoms. The number of hydrogen-bond acceptors (Lipinski definition) is 18. The molecule has 25 nitrogen and oxygen atoms in total. The van der Waals surface area contributed by atoms with Crippen LogP contribution in [0.25, 0.3) is 0 Å². The van der Waals surface area contributed by atoms with E-state index in [1.165, 1.54) is 31.7 Å². The molecule has 0 bridgehead atoms. The van der Waals surface area contributed by atoms with Crippen molar-refractivity contribution in [3.05, 3.63) is 177 Å². The van der Waals surface area contributed by atoms with E-state index in [0.29, 0.717) is 57.5 Å². The molecule has 3 aliphatic heterocycles. The lowest BCUT2D eigenvalue weighted by Gasteiger charge is -2.35. The summed E-state index contributed by atoms with van der Waals surface area (Å²) in [5.41, 5.74) is 9.66. The number of carbonyl (C=O) groups excluding carboxylic acids is 5. The number of benzene rings is 3. The number of nitrogens with zero attached hydrogens (tertiary/aromatic N) is 14. The monoisotopic (exact) mass is 1250 g/mol. The number of fused-ring (bicyclic) bond motifs is 3. The fourth-order valence-corrected chi connectivity index (χ4v) is 9.82. The Morgan fingerprint density at radius 3 is 1.15 bits per heavy atom. The van der Waals surface area contributed by atoms with E-state index < -0.39 is 29.1 Å². The zero-order chi connectivity index (χ0) is 66.0. The maximum absolute atomic E-state index is 13.3. The molecule has 0 radical (unpaired) electrons. The van der Waals surface area contributed by atoms with Crippen LogP contribution in [0, 0.1) is 34.6 Å². The number of esters is 2. The Kier molecular flexibility index (Phi) is 18.6. The number of urea groups is 3. The molecule has 470 valence electrons. The number of aryl methyl sites for hydroxylation is 5. The largest absolute Gasteiger partial charge is 0.478 e. The van der Waals surface area contributed by atoms with E-state index in [-0.39, 0.29) is 48.6 Å².